The lowest BCUT2D eigenvalue weighted by atomic mass is 10.1. The third-order valence-electron chi connectivity index (χ3n) is 2.80. The minimum Gasteiger partial charge on any atom is -0.0912 e. The Balaban J connectivity index is 4.10. The van der Waals surface area contributed by atoms with Gasteiger partial charge in [-0.15, -0.1) is 0 Å². The highest BCUT2D eigenvalue weighted by Gasteiger charge is 2.34. The molecule has 0 saturated heterocycles. The molecule has 0 atom stereocenters. The first-order valence-electron chi connectivity index (χ1n) is 4.01. The summed E-state index contributed by atoms with van der Waals surface area (Å²) in [5.41, 5.74) is 0. The molecule has 10 heavy (non-hydrogen) atoms. The van der Waals surface area contributed by atoms with Gasteiger partial charge < -0.3 is 0 Å². The van der Waals surface area contributed by atoms with Crippen molar-refractivity contribution >= 4 is 23.0 Å². The summed E-state index contributed by atoms with van der Waals surface area (Å²) in [5.74, 6) is 0. The number of hydrogen-bond donors (Lipinski definition) is 0. The molecule has 58 valence electrons. The topological polar surface area (TPSA) is 0 Å². The van der Waals surface area contributed by atoms with Crippen LogP contribution >= 0.6 is 0 Å². The van der Waals surface area contributed by atoms with Crippen LogP contribution in [0.15, 0.2) is 0 Å². The fourth-order valence-corrected chi connectivity index (χ4v) is 4.89. The normalized spacial score (nSPS) is 13.7. The lowest BCUT2D eigenvalue weighted by Gasteiger charge is -2.35. The third-order valence-corrected chi connectivity index (χ3v) is 21.3. The van der Waals surface area contributed by atoms with Gasteiger partial charge in [-0.1, -0.05) is 45.1 Å². The predicted molar refractivity (Wildman–Crippen MR) is 56.2 cm³/mol. The van der Waals surface area contributed by atoms with Crippen molar-refractivity contribution in [2.45, 2.75) is 45.1 Å². The molecule has 0 aliphatic carbocycles. The van der Waals surface area contributed by atoms with E-state index < -0.39 is 15.2 Å². The molecular formula is C7H19BSi2. The van der Waals surface area contributed by atoms with Gasteiger partial charge >= 0.3 is 0 Å². The molecule has 0 aromatic carbocycles. The van der Waals surface area contributed by atoms with Crippen molar-refractivity contribution in [3.8, 4) is 0 Å². The standard InChI is InChI=1S/C7H19BSi2/c1-9(2,3)10(4,5)7-6-8/h6-7H2,1-5H3. The molecule has 0 N–H and O–H groups in total. The maximum Gasteiger partial charge on any atom is 0.0649 e. The molecule has 0 aromatic rings. The van der Waals surface area contributed by atoms with Crippen LogP contribution in [0.2, 0.25) is 45.1 Å². The number of rotatable bonds is 3. The van der Waals surface area contributed by atoms with Crippen LogP contribution in [-0.2, 0) is 0 Å². The van der Waals surface area contributed by atoms with E-state index in [9.17, 15) is 0 Å². The average molecular weight is 170 g/mol. The predicted octanol–water partition coefficient (Wildman–Crippen LogP) is 2.70. The maximum atomic E-state index is 5.57. The van der Waals surface area contributed by atoms with E-state index in [2.05, 4.69) is 32.7 Å². The quantitative estimate of drug-likeness (QED) is 0.571. The van der Waals surface area contributed by atoms with Gasteiger partial charge in [0, 0.05) is 15.2 Å². The molecule has 0 bridgehead atoms. The van der Waals surface area contributed by atoms with Crippen LogP contribution in [0.5, 0.6) is 0 Å². The van der Waals surface area contributed by atoms with Gasteiger partial charge in [0.1, 0.15) is 0 Å². The molecule has 0 unspecified atom stereocenters. The molecule has 0 spiro atoms. The maximum absolute atomic E-state index is 5.57. The van der Waals surface area contributed by atoms with Crippen molar-refractivity contribution in [1.82, 2.24) is 0 Å². The molecular weight excluding hydrogens is 151 g/mol. The lowest BCUT2D eigenvalue weighted by Crippen LogP contribution is -2.51. The zero-order valence-corrected chi connectivity index (χ0v) is 9.99. The summed E-state index contributed by atoms with van der Waals surface area (Å²) < 4.78 is 0. The van der Waals surface area contributed by atoms with Crippen molar-refractivity contribution in [3.05, 3.63) is 0 Å². The van der Waals surface area contributed by atoms with E-state index in [4.69, 9.17) is 7.85 Å². The van der Waals surface area contributed by atoms with Gasteiger partial charge in [-0.05, 0) is 0 Å². The zero-order valence-electron chi connectivity index (χ0n) is 7.99. The minimum absolute atomic E-state index is 0.847. The van der Waals surface area contributed by atoms with Crippen molar-refractivity contribution < 1.29 is 0 Å². The van der Waals surface area contributed by atoms with Gasteiger partial charge in [0.2, 0.25) is 0 Å². The molecule has 0 rings (SSSR count). The lowest BCUT2D eigenvalue weighted by molar-refractivity contribution is 1.37. The third kappa shape index (κ3) is 2.62. The molecule has 2 radical (unpaired) electrons. The van der Waals surface area contributed by atoms with E-state index in [1.165, 1.54) is 6.04 Å². The Labute approximate surface area is 68.6 Å². The molecule has 0 heterocycles. The summed E-state index contributed by atoms with van der Waals surface area (Å²) in [4.78, 5) is 0. The van der Waals surface area contributed by atoms with Gasteiger partial charge in [-0.3, -0.25) is 0 Å². The summed E-state index contributed by atoms with van der Waals surface area (Å²) in [7, 11) is 3.83. The summed E-state index contributed by atoms with van der Waals surface area (Å²) >= 11 is 0. The fourth-order valence-electron chi connectivity index (χ4n) is 0.736. The van der Waals surface area contributed by atoms with E-state index in [0.29, 0.717) is 0 Å². The Bertz CT molecular complexity index is 105. The zero-order chi connectivity index (χ0) is 8.41. The Hall–Kier alpha value is 0.499. The van der Waals surface area contributed by atoms with Gasteiger partial charge in [-0.2, -0.15) is 0 Å². The van der Waals surface area contributed by atoms with Gasteiger partial charge in [0.15, 0.2) is 0 Å². The van der Waals surface area contributed by atoms with Gasteiger partial charge in [-0.25, -0.2) is 0 Å². The van der Waals surface area contributed by atoms with Crippen molar-refractivity contribution in [3.63, 3.8) is 0 Å². The van der Waals surface area contributed by atoms with E-state index in [-0.39, 0.29) is 0 Å². The Morgan fingerprint density at radius 1 is 1.00 bits per heavy atom. The summed E-state index contributed by atoms with van der Waals surface area (Å²) in [6.45, 7) is 12.4. The molecule has 0 fully saturated rings. The van der Waals surface area contributed by atoms with Gasteiger partial charge in [0.25, 0.3) is 0 Å². The van der Waals surface area contributed by atoms with Crippen molar-refractivity contribution in [1.29, 1.82) is 0 Å². The van der Waals surface area contributed by atoms with Crippen LogP contribution in [0.3, 0.4) is 0 Å². The largest absolute Gasteiger partial charge is 0.0912 e. The Morgan fingerprint density at radius 2 is 1.40 bits per heavy atom. The smallest absolute Gasteiger partial charge is 0.0649 e. The summed E-state index contributed by atoms with van der Waals surface area (Å²) in [6.07, 6.45) is 0.892. The minimum atomic E-state index is -0.891. The molecule has 0 aromatic heterocycles. The molecule has 0 aliphatic heterocycles. The van der Waals surface area contributed by atoms with Crippen LogP contribution in [0, 0.1) is 0 Å². The van der Waals surface area contributed by atoms with Gasteiger partial charge in [0.05, 0.1) is 7.85 Å². The average Bonchev–Trinajstić information content (AvgIpc) is 1.61. The number of hydrogen-bond acceptors (Lipinski definition) is 0. The molecule has 0 nitrogen and oxygen atoms in total. The second-order valence-electron chi connectivity index (χ2n) is 4.67. The highest BCUT2D eigenvalue weighted by atomic mass is 29.3. The first kappa shape index (κ1) is 10.5. The van der Waals surface area contributed by atoms with Crippen LogP contribution < -0.4 is 0 Å². The summed E-state index contributed by atoms with van der Waals surface area (Å²) in [6, 6.07) is 1.31. The van der Waals surface area contributed by atoms with E-state index in [1.807, 2.05) is 0 Å². The molecule has 3 heteroatoms. The van der Waals surface area contributed by atoms with E-state index in [1.54, 1.807) is 0 Å². The molecule has 0 aliphatic rings. The highest BCUT2D eigenvalue weighted by Crippen LogP contribution is 2.23. The van der Waals surface area contributed by atoms with E-state index in [0.717, 1.165) is 6.32 Å². The second kappa shape index (κ2) is 3.26. The highest BCUT2D eigenvalue weighted by molar-refractivity contribution is 7.40. The van der Waals surface area contributed by atoms with Crippen LogP contribution in [0.1, 0.15) is 0 Å². The van der Waals surface area contributed by atoms with Crippen molar-refractivity contribution in [2.75, 3.05) is 0 Å². The second-order valence-corrected chi connectivity index (χ2v) is 22.0. The Morgan fingerprint density at radius 3 is 1.50 bits per heavy atom. The van der Waals surface area contributed by atoms with E-state index >= 15 is 0 Å². The monoisotopic (exact) mass is 170 g/mol. The Kier molecular flexibility index (Phi) is 3.43. The molecule has 0 saturated carbocycles. The van der Waals surface area contributed by atoms with Crippen LogP contribution in [-0.4, -0.2) is 23.0 Å². The first-order chi connectivity index (χ1) is 4.31. The fraction of sp³-hybridized carbons (Fsp3) is 1.00. The van der Waals surface area contributed by atoms with Crippen molar-refractivity contribution in [2.24, 2.45) is 0 Å². The summed E-state index contributed by atoms with van der Waals surface area (Å²) in [5, 5.41) is 0. The van der Waals surface area contributed by atoms with Crippen LogP contribution in [0.4, 0.5) is 0 Å². The first-order valence-corrected chi connectivity index (χ1v) is 11.7. The van der Waals surface area contributed by atoms with Crippen LogP contribution in [0.25, 0.3) is 0 Å². The SMILES string of the molecule is [B]CC[Si](C)(C)[Si](C)(C)C. The molecule has 0 amide bonds.